The van der Waals surface area contributed by atoms with E-state index in [4.69, 9.17) is 54.2 Å². The number of aliphatic hydroxyl groups is 2. The predicted molar refractivity (Wildman–Crippen MR) is 202 cm³/mol. The van der Waals surface area contributed by atoms with Gasteiger partial charge in [0.2, 0.25) is 12.1 Å². The maximum Gasteiger partial charge on any atom is 0.339 e. The molecule has 0 aliphatic carbocycles. The van der Waals surface area contributed by atoms with Crippen molar-refractivity contribution in [3.8, 4) is 0 Å². The molecule has 2 aromatic carbocycles. The van der Waals surface area contributed by atoms with Crippen LogP contribution in [-0.4, -0.2) is 124 Å². The van der Waals surface area contributed by atoms with E-state index in [2.05, 4.69) is 4.98 Å². The molecule has 2 N–H and O–H groups in total. The first-order chi connectivity index (χ1) is 29.0. The number of hydrogen-bond acceptors (Lipinski definition) is 19. The molecule has 0 bridgehead atoms. The maximum atomic E-state index is 13.1. The van der Waals surface area contributed by atoms with Crippen LogP contribution in [0, 0.1) is 10.1 Å². The van der Waals surface area contributed by atoms with E-state index >= 15 is 0 Å². The number of epoxide rings is 1. The van der Waals surface area contributed by atoms with Crippen LogP contribution in [0.1, 0.15) is 55.3 Å². The number of pyridine rings is 1. The van der Waals surface area contributed by atoms with Gasteiger partial charge in [0.05, 0.1) is 17.1 Å². The van der Waals surface area contributed by atoms with E-state index in [-0.39, 0.29) is 16.1 Å². The van der Waals surface area contributed by atoms with Gasteiger partial charge in [-0.25, -0.2) is 4.79 Å². The number of nitrogens with zero attached hydrogens (tertiary/aromatic N) is 2. The van der Waals surface area contributed by atoms with Crippen LogP contribution < -0.4 is 0 Å². The summed E-state index contributed by atoms with van der Waals surface area (Å²) < 4.78 is 54.0. The van der Waals surface area contributed by atoms with E-state index in [1.165, 1.54) is 36.7 Å². The third-order valence-corrected chi connectivity index (χ3v) is 10.3. The van der Waals surface area contributed by atoms with Crippen LogP contribution in [-0.2, 0) is 68.2 Å². The van der Waals surface area contributed by atoms with Gasteiger partial charge in [-0.1, -0.05) is 48.0 Å². The number of ether oxygens (including phenoxy) is 9. The Bertz CT molecular complexity index is 2130. The second kappa shape index (κ2) is 18.6. The minimum absolute atomic E-state index is 0.00882. The molecular weight excluding hydrogens is 832 g/mol. The van der Waals surface area contributed by atoms with E-state index in [0.717, 1.165) is 33.8 Å². The summed E-state index contributed by atoms with van der Waals surface area (Å²) in [5.41, 5.74) is -1.66. The van der Waals surface area contributed by atoms with E-state index in [1.54, 1.807) is 30.3 Å². The average molecular weight is 873 g/mol. The molecular formula is C40H41ClN2O18. The number of carbonyl (C=O) groups excluding carboxylic acids is 5. The maximum absolute atomic E-state index is 13.1. The first-order valence-electron chi connectivity index (χ1n) is 18.7. The molecule has 61 heavy (non-hydrogen) atoms. The van der Waals surface area contributed by atoms with Crippen LogP contribution in [0.5, 0.6) is 0 Å². The molecule has 1 spiro atoms. The highest BCUT2D eigenvalue weighted by Gasteiger charge is 2.75. The quantitative estimate of drug-likeness (QED) is 0.0774. The molecule has 1 aromatic heterocycles. The minimum atomic E-state index is -2.63. The third kappa shape index (κ3) is 9.65. The lowest BCUT2D eigenvalue weighted by Gasteiger charge is -2.53. The van der Waals surface area contributed by atoms with Gasteiger partial charge in [0.1, 0.15) is 36.0 Å². The Morgan fingerprint density at radius 3 is 2.13 bits per heavy atom. The SMILES string of the molecule is CC(=O)O[C@H]1[C@H](O)[C@@H](COC(=O)c2cccnc2)O[C@@](Cc2ccc(Cl)c([N+](=O)[O-])c2)(O[C@H]2O[C@H](CO)[C@@]3(O[C@@H]3c3ccccc3)[C@H](OC(C)=O)[C@H]2OC(C)=O)[C@@H]1OC(C)=O. The van der Waals surface area contributed by atoms with Crippen molar-refractivity contribution in [3.05, 3.63) is 105 Å². The van der Waals surface area contributed by atoms with E-state index < -0.39 is 127 Å². The summed E-state index contributed by atoms with van der Waals surface area (Å²) in [6.45, 7) is 2.50. The largest absolute Gasteiger partial charge is 0.459 e. The highest BCUT2D eigenvalue weighted by atomic mass is 35.5. The average Bonchev–Trinajstić information content (AvgIpc) is 3.96. The van der Waals surface area contributed by atoms with Crippen molar-refractivity contribution in [1.29, 1.82) is 0 Å². The van der Waals surface area contributed by atoms with E-state index in [0.29, 0.717) is 5.56 Å². The topological polar surface area (TPSA) is 268 Å². The Morgan fingerprint density at radius 1 is 0.869 bits per heavy atom. The molecule has 326 valence electrons. The Kier molecular flexibility index (Phi) is 13.7. The standard InChI is InChI=1S/C40H41ClN2O18/c1-20(45)54-32-31(49)29(19-53-37(50)26-11-8-14-42-17-26)59-39(35(32)56-22(3)47,16-24-12-13-27(41)28(15-24)43(51)52)61-38-33(55-21(2)46)36(57-23(4)48)40(30(18-44)58-38)34(60-40)25-9-6-5-7-10-25/h5-15,17,29-36,38,44,49H,16,18-19H2,1-4H3/t29-,30-,31-,32+,33-,34-,35-,36-,38-,39+,40+/m1/s1. The molecule has 3 aliphatic rings. The third-order valence-electron chi connectivity index (χ3n) is 10.00. The van der Waals surface area contributed by atoms with Crippen molar-refractivity contribution in [2.75, 3.05) is 13.2 Å². The zero-order valence-corrected chi connectivity index (χ0v) is 33.7. The normalized spacial score (nSPS) is 30.4. The molecule has 6 rings (SSSR count). The van der Waals surface area contributed by atoms with Crippen molar-refractivity contribution in [1.82, 2.24) is 4.98 Å². The lowest BCUT2D eigenvalue weighted by Crippen LogP contribution is -2.72. The number of nitro groups is 1. The summed E-state index contributed by atoms with van der Waals surface area (Å²) in [5, 5.41) is 34.4. The van der Waals surface area contributed by atoms with Gasteiger partial charge in [-0.2, -0.15) is 0 Å². The zero-order valence-electron chi connectivity index (χ0n) is 32.9. The van der Waals surface area contributed by atoms with Gasteiger partial charge in [-0.05, 0) is 29.3 Å². The fourth-order valence-electron chi connectivity index (χ4n) is 7.56. The lowest BCUT2D eigenvalue weighted by atomic mass is 9.83. The molecule has 3 aliphatic heterocycles. The van der Waals surface area contributed by atoms with Gasteiger partial charge in [0.15, 0.2) is 30.0 Å². The van der Waals surface area contributed by atoms with Crippen molar-refractivity contribution in [2.45, 2.75) is 101 Å². The molecule has 3 fully saturated rings. The lowest BCUT2D eigenvalue weighted by molar-refractivity contribution is -0.420. The molecule has 21 heteroatoms. The van der Waals surface area contributed by atoms with Crippen molar-refractivity contribution < 1.29 is 81.7 Å². The van der Waals surface area contributed by atoms with Crippen LogP contribution in [0.2, 0.25) is 5.02 Å². The number of rotatable bonds is 14. The zero-order chi connectivity index (χ0) is 44.2. The molecule has 3 aromatic rings. The number of nitro benzene ring substituents is 1. The fourth-order valence-corrected chi connectivity index (χ4v) is 7.75. The number of benzene rings is 2. The molecule has 0 saturated carbocycles. The summed E-state index contributed by atoms with van der Waals surface area (Å²) in [4.78, 5) is 79.5. The number of esters is 5. The number of halogens is 1. The highest BCUT2D eigenvalue weighted by molar-refractivity contribution is 6.32. The smallest absolute Gasteiger partial charge is 0.339 e. The van der Waals surface area contributed by atoms with Gasteiger partial charge in [0, 0.05) is 52.6 Å². The van der Waals surface area contributed by atoms with Gasteiger partial charge < -0.3 is 52.8 Å². The number of carbonyl (C=O) groups is 5. The first-order valence-corrected chi connectivity index (χ1v) is 19.1. The van der Waals surface area contributed by atoms with Gasteiger partial charge >= 0.3 is 29.8 Å². The van der Waals surface area contributed by atoms with Crippen LogP contribution in [0.4, 0.5) is 5.69 Å². The monoisotopic (exact) mass is 872 g/mol. The molecule has 0 unspecified atom stereocenters. The van der Waals surface area contributed by atoms with E-state index in [9.17, 15) is 44.3 Å². The number of aliphatic hydroxyl groups excluding tert-OH is 2. The molecule has 11 atom stereocenters. The summed E-state index contributed by atoms with van der Waals surface area (Å²) >= 11 is 6.15. The van der Waals surface area contributed by atoms with Crippen LogP contribution in [0.3, 0.4) is 0 Å². The van der Waals surface area contributed by atoms with Crippen molar-refractivity contribution in [2.24, 2.45) is 0 Å². The molecule has 0 amide bonds. The molecule has 4 heterocycles. The van der Waals surface area contributed by atoms with Crippen LogP contribution in [0.25, 0.3) is 0 Å². The Labute approximate surface area is 352 Å². The minimum Gasteiger partial charge on any atom is -0.459 e. The van der Waals surface area contributed by atoms with Gasteiger partial charge in [0.25, 0.3) is 5.69 Å². The molecule has 20 nitrogen and oxygen atoms in total. The summed E-state index contributed by atoms with van der Waals surface area (Å²) in [6, 6.07) is 15.1. The van der Waals surface area contributed by atoms with Crippen LogP contribution >= 0.6 is 11.6 Å². The van der Waals surface area contributed by atoms with E-state index in [1.807, 2.05) is 0 Å². The second-order valence-electron chi connectivity index (χ2n) is 14.3. The van der Waals surface area contributed by atoms with Crippen molar-refractivity contribution in [3.63, 3.8) is 0 Å². The van der Waals surface area contributed by atoms with Crippen LogP contribution in [0.15, 0.2) is 73.1 Å². The van der Waals surface area contributed by atoms with Crippen molar-refractivity contribution >= 4 is 47.1 Å². The second-order valence-corrected chi connectivity index (χ2v) is 14.7. The Morgan fingerprint density at radius 2 is 1.52 bits per heavy atom. The summed E-state index contributed by atoms with van der Waals surface area (Å²) in [5.74, 6) is -7.38. The summed E-state index contributed by atoms with van der Waals surface area (Å²) in [6.07, 6.45) is -13.3. The number of aromatic nitrogens is 1. The van der Waals surface area contributed by atoms with Gasteiger partial charge in [-0.15, -0.1) is 0 Å². The Balaban J connectivity index is 1.52. The Hall–Kier alpha value is -5.61. The predicted octanol–water partition coefficient (Wildman–Crippen LogP) is 2.47. The molecule has 3 saturated heterocycles. The highest BCUT2D eigenvalue weighted by Crippen LogP contribution is 2.59. The molecule has 0 radical (unpaired) electrons. The van der Waals surface area contributed by atoms with Gasteiger partial charge in [-0.3, -0.25) is 34.3 Å². The fraction of sp³-hybridized carbons (Fsp3) is 0.450. The summed E-state index contributed by atoms with van der Waals surface area (Å²) in [7, 11) is 0. The number of hydrogen-bond donors (Lipinski definition) is 2. The first kappa shape index (κ1) is 44.9.